The Morgan fingerprint density at radius 2 is 1.62 bits per heavy atom. The molecular formula is C27H38N2O7S3. The number of esters is 1. The fourth-order valence-corrected chi connectivity index (χ4v) is 5.85. The molecule has 12 heteroatoms. The van der Waals surface area contributed by atoms with E-state index in [1.165, 1.54) is 34.9 Å². The summed E-state index contributed by atoms with van der Waals surface area (Å²) in [5, 5.41) is 25.9. The van der Waals surface area contributed by atoms with Gasteiger partial charge in [-0.15, -0.1) is 34.9 Å². The molecule has 39 heavy (non-hydrogen) atoms. The van der Waals surface area contributed by atoms with Gasteiger partial charge in [0.25, 0.3) is 0 Å². The predicted octanol–water partition coefficient (Wildman–Crippen LogP) is 3.64. The van der Waals surface area contributed by atoms with Crippen molar-refractivity contribution in [2.24, 2.45) is 0 Å². The van der Waals surface area contributed by atoms with Crippen molar-refractivity contribution in [2.75, 3.05) is 31.3 Å². The van der Waals surface area contributed by atoms with Crippen molar-refractivity contribution < 1.29 is 34.1 Å². The van der Waals surface area contributed by atoms with Gasteiger partial charge < -0.3 is 30.3 Å². The fraction of sp³-hybridized carbons (Fsp3) is 0.519. The lowest BCUT2D eigenvalue weighted by molar-refractivity contribution is -0.147. The van der Waals surface area contributed by atoms with Crippen LogP contribution >= 0.6 is 34.9 Å². The van der Waals surface area contributed by atoms with Crippen molar-refractivity contribution in [3.8, 4) is 0 Å². The molecule has 0 spiro atoms. The van der Waals surface area contributed by atoms with E-state index in [0.29, 0.717) is 11.5 Å². The van der Waals surface area contributed by atoms with Crippen LogP contribution < -0.4 is 10.6 Å². The van der Waals surface area contributed by atoms with E-state index in [-0.39, 0.29) is 32.7 Å². The molecule has 2 amide bonds. The molecular weight excluding hydrogens is 561 g/mol. The van der Waals surface area contributed by atoms with Gasteiger partial charge in [0.2, 0.25) is 5.91 Å². The Morgan fingerprint density at radius 1 is 0.974 bits per heavy atom. The van der Waals surface area contributed by atoms with Gasteiger partial charge in [-0.1, -0.05) is 6.07 Å². The average Bonchev–Trinajstić information content (AvgIpc) is 3.37. The first-order chi connectivity index (χ1) is 18.5. The van der Waals surface area contributed by atoms with Crippen LogP contribution in [0.2, 0.25) is 0 Å². The quantitative estimate of drug-likeness (QED) is 0.179. The monoisotopic (exact) mass is 598 g/mol. The molecule has 2 atom stereocenters. The van der Waals surface area contributed by atoms with Gasteiger partial charge in [-0.05, 0) is 62.9 Å². The highest BCUT2D eigenvalue weighted by Gasteiger charge is 2.30. The third kappa shape index (κ3) is 12.6. The molecule has 216 valence electrons. The number of ether oxygens (including phenoxy) is 2. The van der Waals surface area contributed by atoms with Crippen LogP contribution in [0.5, 0.6) is 0 Å². The first-order valence-electron chi connectivity index (χ1n) is 12.6. The zero-order valence-corrected chi connectivity index (χ0v) is 25.2. The SMILES string of the molecule is CCOC(=O)[C@H](Cc1cccs1)NC(=O)[C@H](Cc1cc(SCCO)cc(SCCO)c1)NC(=O)OC(C)(C)C. The molecule has 0 saturated carbocycles. The summed E-state index contributed by atoms with van der Waals surface area (Å²) in [5.41, 5.74) is -0.00675. The summed E-state index contributed by atoms with van der Waals surface area (Å²) in [6, 6.07) is 7.52. The number of carbonyl (C=O) groups excluding carboxylic acids is 3. The lowest BCUT2D eigenvalue weighted by atomic mass is 10.0. The zero-order chi connectivity index (χ0) is 28.8. The van der Waals surface area contributed by atoms with Gasteiger partial charge in [0.15, 0.2) is 0 Å². The van der Waals surface area contributed by atoms with Gasteiger partial charge in [-0.2, -0.15) is 0 Å². The highest BCUT2D eigenvalue weighted by molar-refractivity contribution is 8.00. The third-order valence-corrected chi connectivity index (χ3v) is 7.79. The largest absolute Gasteiger partial charge is 0.464 e. The van der Waals surface area contributed by atoms with Crippen LogP contribution in [0.4, 0.5) is 4.79 Å². The van der Waals surface area contributed by atoms with E-state index in [9.17, 15) is 24.6 Å². The van der Waals surface area contributed by atoms with Gasteiger partial charge in [-0.3, -0.25) is 4.79 Å². The summed E-state index contributed by atoms with van der Waals surface area (Å²) in [7, 11) is 0. The van der Waals surface area contributed by atoms with Crippen LogP contribution in [0.25, 0.3) is 0 Å². The zero-order valence-electron chi connectivity index (χ0n) is 22.7. The Morgan fingerprint density at radius 3 is 2.13 bits per heavy atom. The molecule has 0 bridgehead atoms. The number of thioether (sulfide) groups is 2. The molecule has 2 aromatic rings. The van der Waals surface area contributed by atoms with Gasteiger partial charge in [0.1, 0.15) is 17.7 Å². The van der Waals surface area contributed by atoms with Gasteiger partial charge >= 0.3 is 12.1 Å². The van der Waals surface area contributed by atoms with Crippen LogP contribution in [-0.4, -0.2) is 77.2 Å². The molecule has 4 N–H and O–H groups in total. The molecule has 0 unspecified atom stereocenters. The summed E-state index contributed by atoms with van der Waals surface area (Å²) in [6.45, 7) is 7.08. The highest BCUT2D eigenvalue weighted by atomic mass is 32.2. The van der Waals surface area contributed by atoms with Crippen molar-refractivity contribution in [1.82, 2.24) is 10.6 Å². The van der Waals surface area contributed by atoms with Crippen molar-refractivity contribution in [1.29, 1.82) is 0 Å². The molecule has 1 aromatic carbocycles. The van der Waals surface area contributed by atoms with Crippen molar-refractivity contribution in [3.63, 3.8) is 0 Å². The normalized spacial score (nSPS) is 12.9. The second-order valence-electron chi connectivity index (χ2n) is 9.46. The Hall–Kier alpha value is -2.25. The van der Waals surface area contributed by atoms with E-state index in [1.807, 2.05) is 35.7 Å². The third-order valence-electron chi connectivity index (χ3n) is 4.98. The van der Waals surface area contributed by atoms with E-state index in [1.54, 1.807) is 27.7 Å². The minimum absolute atomic E-state index is 0.0126. The number of aliphatic hydroxyl groups excluding tert-OH is 2. The second kappa shape index (κ2) is 16.8. The summed E-state index contributed by atoms with van der Waals surface area (Å²) < 4.78 is 10.6. The topological polar surface area (TPSA) is 134 Å². The average molecular weight is 599 g/mol. The molecule has 1 heterocycles. The van der Waals surface area contributed by atoms with Gasteiger partial charge in [0, 0.05) is 39.0 Å². The molecule has 1 aromatic heterocycles. The Kier molecular flexibility index (Phi) is 14.2. The highest BCUT2D eigenvalue weighted by Crippen LogP contribution is 2.28. The lowest BCUT2D eigenvalue weighted by Crippen LogP contribution is -2.54. The van der Waals surface area contributed by atoms with Gasteiger partial charge in [0.05, 0.1) is 19.8 Å². The summed E-state index contributed by atoms with van der Waals surface area (Å²) in [5.74, 6) is -0.108. The summed E-state index contributed by atoms with van der Waals surface area (Å²) in [6.07, 6.45) is -0.370. The standard InChI is InChI=1S/C27H38N2O7S3/c1-5-35-25(33)23(17-19-7-6-10-37-19)28-24(32)22(29-26(34)36-27(2,3)4)15-18-13-20(38-11-8-30)16-21(14-18)39-12-9-31/h6-7,10,13-14,16,22-23,30-31H,5,8-9,11-12,15,17H2,1-4H3,(H,28,32)(H,29,34)/t22-,23-/m0/s1. The van der Waals surface area contributed by atoms with E-state index >= 15 is 0 Å². The lowest BCUT2D eigenvalue weighted by Gasteiger charge is -2.25. The molecule has 0 aliphatic rings. The number of alkyl carbamates (subject to hydrolysis) is 1. The second-order valence-corrected chi connectivity index (χ2v) is 12.8. The van der Waals surface area contributed by atoms with Gasteiger partial charge in [-0.25, -0.2) is 9.59 Å². The van der Waals surface area contributed by atoms with E-state index < -0.39 is 35.7 Å². The van der Waals surface area contributed by atoms with Crippen molar-refractivity contribution >= 4 is 52.8 Å². The number of aliphatic hydroxyl groups is 2. The maximum Gasteiger partial charge on any atom is 0.408 e. The minimum atomic E-state index is -1.05. The number of benzene rings is 1. The van der Waals surface area contributed by atoms with Crippen molar-refractivity contribution in [3.05, 3.63) is 46.2 Å². The predicted molar refractivity (Wildman–Crippen MR) is 156 cm³/mol. The van der Waals surface area contributed by atoms with Crippen LogP contribution in [0.1, 0.15) is 38.1 Å². The molecule has 0 fully saturated rings. The van der Waals surface area contributed by atoms with Crippen molar-refractivity contribution in [2.45, 2.75) is 68.0 Å². The number of nitrogens with one attached hydrogen (secondary N) is 2. The molecule has 0 radical (unpaired) electrons. The number of carbonyl (C=O) groups is 3. The number of amides is 2. The number of rotatable bonds is 15. The molecule has 0 saturated heterocycles. The molecule has 0 aliphatic heterocycles. The Labute approximate surface area is 242 Å². The molecule has 2 rings (SSSR count). The Balaban J connectivity index is 2.34. The molecule has 0 aliphatic carbocycles. The van der Waals surface area contributed by atoms with E-state index in [4.69, 9.17) is 9.47 Å². The fourth-order valence-electron chi connectivity index (χ4n) is 3.48. The maximum absolute atomic E-state index is 13.5. The number of hydrogen-bond acceptors (Lipinski definition) is 10. The maximum atomic E-state index is 13.5. The molecule has 9 nitrogen and oxygen atoms in total. The van der Waals surface area contributed by atoms with Crippen LogP contribution in [0.3, 0.4) is 0 Å². The van der Waals surface area contributed by atoms with E-state index in [2.05, 4.69) is 10.6 Å². The Bertz CT molecular complexity index is 1030. The van der Waals surface area contributed by atoms with Crippen LogP contribution in [0.15, 0.2) is 45.5 Å². The number of hydrogen-bond donors (Lipinski definition) is 4. The first kappa shape index (κ1) is 33.0. The van der Waals surface area contributed by atoms with Crippen LogP contribution in [-0.2, 0) is 31.9 Å². The van der Waals surface area contributed by atoms with Crippen LogP contribution in [0, 0.1) is 0 Å². The van der Waals surface area contributed by atoms with E-state index in [0.717, 1.165) is 20.2 Å². The number of thiophene rings is 1. The summed E-state index contributed by atoms with van der Waals surface area (Å²) >= 11 is 4.40. The minimum Gasteiger partial charge on any atom is -0.464 e. The summed E-state index contributed by atoms with van der Waals surface area (Å²) in [4.78, 5) is 41.6. The first-order valence-corrected chi connectivity index (χ1v) is 15.5. The smallest absolute Gasteiger partial charge is 0.408 e.